The van der Waals surface area contributed by atoms with Gasteiger partial charge in [-0.1, -0.05) is 11.6 Å². The van der Waals surface area contributed by atoms with E-state index in [-0.39, 0.29) is 28.7 Å². The smallest absolute Gasteiger partial charge is 0.387 e. The van der Waals surface area contributed by atoms with Gasteiger partial charge in [-0.05, 0) is 25.2 Å². The Labute approximate surface area is 120 Å². The number of likely N-dealkylation sites (N-methyl/N-ethyl adjacent to an activating group) is 1. The minimum atomic E-state index is -2.99. The fourth-order valence-corrected chi connectivity index (χ4v) is 1.45. The van der Waals surface area contributed by atoms with Crippen LogP contribution in [0.15, 0.2) is 18.2 Å². The first kappa shape index (κ1) is 17.9. The summed E-state index contributed by atoms with van der Waals surface area (Å²) in [5, 5.41) is 5.67. The summed E-state index contributed by atoms with van der Waals surface area (Å²) in [4.78, 5) is 11.8. The van der Waals surface area contributed by atoms with Crippen LogP contribution < -0.4 is 15.4 Å². The van der Waals surface area contributed by atoms with E-state index in [4.69, 9.17) is 11.6 Å². The number of carbonyl (C=O) groups excluding carboxylic acids is 1. The monoisotopic (exact) mass is 314 g/mol. The fraction of sp³-hybridized carbons (Fsp3) is 0.364. The van der Waals surface area contributed by atoms with Gasteiger partial charge in [0.05, 0.1) is 5.56 Å². The van der Waals surface area contributed by atoms with Crippen molar-refractivity contribution in [3.8, 4) is 5.75 Å². The lowest BCUT2D eigenvalue weighted by Gasteiger charge is -2.11. The number of hydrogen-bond acceptors (Lipinski definition) is 3. The summed E-state index contributed by atoms with van der Waals surface area (Å²) in [7, 11) is 1.73. The van der Waals surface area contributed by atoms with Gasteiger partial charge in [0, 0.05) is 18.1 Å². The van der Waals surface area contributed by atoms with Crippen molar-refractivity contribution in [2.75, 3.05) is 20.1 Å². The van der Waals surface area contributed by atoms with E-state index in [9.17, 15) is 13.6 Å². The van der Waals surface area contributed by atoms with Crippen LogP contribution in [0.3, 0.4) is 0 Å². The summed E-state index contributed by atoms with van der Waals surface area (Å²) in [6, 6.07) is 3.90. The van der Waals surface area contributed by atoms with Crippen molar-refractivity contribution in [2.45, 2.75) is 6.61 Å². The van der Waals surface area contributed by atoms with E-state index in [0.29, 0.717) is 13.1 Å². The third-order valence-corrected chi connectivity index (χ3v) is 2.30. The molecule has 0 unspecified atom stereocenters. The van der Waals surface area contributed by atoms with E-state index in [1.807, 2.05) is 0 Å². The Morgan fingerprint density at radius 3 is 2.68 bits per heavy atom. The summed E-state index contributed by atoms with van der Waals surface area (Å²) in [6.45, 7) is -2.05. The van der Waals surface area contributed by atoms with Crippen LogP contribution in [-0.2, 0) is 0 Å². The normalized spacial score (nSPS) is 9.95. The minimum absolute atomic E-state index is 0. The van der Waals surface area contributed by atoms with Crippen LogP contribution in [0.2, 0.25) is 5.02 Å². The second-order valence-electron chi connectivity index (χ2n) is 3.38. The average Bonchev–Trinajstić information content (AvgIpc) is 2.31. The summed E-state index contributed by atoms with van der Waals surface area (Å²) in [5.41, 5.74) is -0.0149. The van der Waals surface area contributed by atoms with Gasteiger partial charge in [-0.2, -0.15) is 8.78 Å². The molecule has 0 fully saturated rings. The highest BCUT2D eigenvalue weighted by Gasteiger charge is 2.15. The van der Waals surface area contributed by atoms with Gasteiger partial charge in [-0.3, -0.25) is 4.79 Å². The van der Waals surface area contributed by atoms with Crippen molar-refractivity contribution in [2.24, 2.45) is 0 Å². The lowest BCUT2D eigenvalue weighted by atomic mass is 10.2. The van der Waals surface area contributed by atoms with E-state index >= 15 is 0 Å². The molecule has 1 amide bonds. The molecule has 0 spiro atoms. The number of alkyl halides is 2. The first-order valence-electron chi connectivity index (χ1n) is 5.21. The van der Waals surface area contributed by atoms with Gasteiger partial charge in [-0.25, -0.2) is 0 Å². The van der Waals surface area contributed by atoms with Crippen molar-refractivity contribution in [1.82, 2.24) is 10.6 Å². The first-order chi connectivity index (χ1) is 8.54. The van der Waals surface area contributed by atoms with Gasteiger partial charge in [0.2, 0.25) is 0 Å². The minimum Gasteiger partial charge on any atom is -0.434 e. The van der Waals surface area contributed by atoms with Gasteiger partial charge >= 0.3 is 6.61 Å². The van der Waals surface area contributed by atoms with Crippen LogP contribution in [0.4, 0.5) is 8.78 Å². The SMILES string of the molecule is CNCCNC(=O)c1cc(Cl)ccc1OC(F)F.Cl. The van der Waals surface area contributed by atoms with Gasteiger partial charge < -0.3 is 15.4 Å². The zero-order valence-corrected chi connectivity index (χ0v) is 11.7. The number of amides is 1. The number of rotatable bonds is 6. The van der Waals surface area contributed by atoms with Gasteiger partial charge in [-0.15, -0.1) is 12.4 Å². The van der Waals surface area contributed by atoms with Gasteiger partial charge in [0.1, 0.15) is 5.75 Å². The van der Waals surface area contributed by atoms with Crippen LogP contribution in [0.1, 0.15) is 10.4 Å². The zero-order valence-electron chi connectivity index (χ0n) is 10.1. The molecular formula is C11H14Cl2F2N2O2. The highest BCUT2D eigenvalue weighted by Crippen LogP contribution is 2.24. The largest absolute Gasteiger partial charge is 0.434 e. The third-order valence-electron chi connectivity index (χ3n) is 2.06. The van der Waals surface area contributed by atoms with Crippen LogP contribution >= 0.6 is 24.0 Å². The highest BCUT2D eigenvalue weighted by molar-refractivity contribution is 6.31. The molecule has 0 radical (unpaired) electrons. The maximum Gasteiger partial charge on any atom is 0.387 e. The third kappa shape index (κ3) is 6.04. The number of halogens is 4. The molecule has 1 rings (SSSR count). The van der Waals surface area contributed by atoms with Crippen molar-refractivity contribution in [3.63, 3.8) is 0 Å². The van der Waals surface area contributed by atoms with E-state index in [2.05, 4.69) is 15.4 Å². The molecule has 1 aromatic carbocycles. The number of ether oxygens (including phenoxy) is 1. The summed E-state index contributed by atoms with van der Waals surface area (Å²) >= 11 is 5.72. The van der Waals surface area contributed by atoms with Gasteiger partial charge in [0.25, 0.3) is 5.91 Å². The second kappa shape index (κ2) is 8.90. The number of benzene rings is 1. The van der Waals surface area contributed by atoms with Crippen molar-refractivity contribution in [3.05, 3.63) is 28.8 Å². The molecule has 1 aromatic rings. The molecule has 0 aromatic heterocycles. The topological polar surface area (TPSA) is 50.4 Å². The Bertz CT molecular complexity index is 420. The molecule has 0 atom stereocenters. The van der Waals surface area contributed by atoms with E-state index in [1.165, 1.54) is 18.2 Å². The number of hydrogen-bond donors (Lipinski definition) is 2. The molecule has 0 saturated carbocycles. The maximum absolute atomic E-state index is 12.2. The molecule has 8 heteroatoms. The molecule has 2 N–H and O–H groups in total. The Balaban J connectivity index is 0.00000324. The summed E-state index contributed by atoms with van der Waals surface area (Å²) in [5.74, 6) is -0.709. The van der Waals surface area contributed by atoms with Crippen molar-refractivity contribution >= 4 is 29.9 Å². The van der Waals surface area contributed by atoms with Crippen molar-refractivity contribution < 1.29 is 18.3 Å². The van der Waals surface area contributed by atoms with Crippen LogP contribution in [-0.4, -0.2) is 32.7 Å². The van der Waals surface area contributed by atoms with Crippen LogP contribution in [0, 0.1) is 0 Å². The molecule has 0 aliphatic heterocycles. The Kier molecular flexibility index (Phi) is 8.38. The fourth-order valence-electron chi connectivity index (χ4n) is 1.27. The van der Waals surface area contributed by atoms with E-state index < -0.39 is 12.5 Å². The molecule has 0 saturated heterocycles. The molecule has 19 heavy (non-hydrogen) atoms. The maximum atomic E-state index is 12.2. The summed E-state index contributed by atoms with van der Waals surface area (Å²) in [6.07, 6.45) is 0. The molecule has 108 valence electrons. The quantitative estimate of drug-likeness (QED) is 0.792. The van der Waals surface area contributed by atoms with E-state index in [1.54, 1.807) is 7.05 Å². The Morgan fingerprint density at radius 2 is 2.11 bits per heavy atom. The Hall–Kier alpha value is -1.11. The molecular weight excluding hydrogens is 301 g/mol. The van der Waals surface area contributed by atoms with Crippen molar-refractivity contribution in [1.29, 1.82) is 0 Å². The predicted molar refractivity (Wildman–Crippen MR) is 71.6 cm³/mol. The second-order valence-corrected chi connectivity index (χ2v) is 3.81. The standard InChI is InChI=1S/C11H13ClF2N2O2.ClH/c1-15-4-5-16-10(17)8-6-7(12)2-3-9(8)18-11(13)14;/h2-3,6,11,15H,4-5H2,1H3,(H,16,17);1H. The predicted octanol–water partition coefficient (Wildman–Crippen LogP) is 2.31. The average molecular weight is 315 g/mol. The first-order valence-corrected chi connectivity index (χ1v) is 5.59. The van der Waals surface area contributed by atoms with E-state index in [0.717, 1.165) is 0 Å². The lowest BCUT2D eigenvalue weighted by molar-refractivity contribution is -0.0501. The molecule has 0 aliphatic rings. The van der Waals surface area contributed by atoms with Crippen LogP contribution in [0.25, 0.3) is 0 Å². The molecule has 4 nitrogen and oxygen atoms in total. The van der Waals surface area contributed by atoms with Crippen LogP contribution in [0.5, 0.6) is 5.75 Å². The summed E-state index contributed by atoms with van der Waals surface area (Å²) < 4.78 is 28.6. The number of carbonyl (C=O) groups is 1. The molecule has 0 heterocycles. The Morgan fingerprint density at radius 1 is 1.42 bits per heavy atom. The number of nitrogens with one attached hydrogen (secondary N) is 2. The molecule has 0 bridgehead atoms. The zero-order chi connectivity index (χ0) is 13.5. The highest BCUT2D eigenvalue weighted by atomic mass is 35.5. The molecule has 0 aliphatic carbocycles. The lowest BCUT2D eigenvalue weighted by Crippen LogP contribution is -2.30. The van der Waals surface area contributed by atoms with Gasteiger partial charge in [0.15, 0.2) is 0 Å².